The van der Waals surface area contributed by atoms with Crippen molar-refractivity contribution >= 4 is 12.0 Å². The van der Waals surface area contributed by atoms with Crippen LogP contribution in [0, 0.1) is 11.8 Å². The Morgan fingerprint density at radius 1 is 1.58 bits per heavy atom. The third kappa shape index (κ3) is 3.21. The Morgan fingerprint density at radius 2 is 2.37 bits per heavy atom. The molecule has 0 saturated carbocycles. The van der Waals surface area contributed by atoms with Gasteiger partial charge in [0, 0.05) is 26.1 Å². The quantitative estimate of drug-likeness (QED) is 0.794. The summed E-state index contributed by atoms with van der Waals surface area (Å²) in [6.45, 7) is 2.93. The molecule has 0 radical (unpaired) electrons. The van der Waals surface area contributed by atoms with E-state index in [1.54, 1.807) is 0 Å². The molecule has 1 saturated heterocycles. The lowest BCUT2D eigenvalue weighted by Crippen LogP contribution is -2.39. The molecule has 0 aromatic carbocycles. The van der Waals surface area contributed by atoms with Gasteiger partial charge in [-0.2, -0.15) is 4.98 Å². The first-order valence-corrected chi connectivity index (χ1v) is 6.09. The summed E-state index contributed by atoms with van der Waals surface area (Å²) >= 11 is 0. The van der Waals surface area contributed by atoms with Gasteiger partial charge in [0.05, 0.1) is 5.92 Å². The van der Waals surface area contributed by atoms with Crippen molar-refractivity contribution in [3.63, 3.8) is 0 Å². The Morgan fingerprint density at radius 3 is 2.95 bits per heavy atom. The molecule has 2 heterocycles. The standard InChI is InChI=1S/C11H16N4O4/c1-7-4-15(5-8(7)10(16)17)11(18)12-3-2-9-13-6-14-19-9/h6-8H,2-5H2,1H3,(H,12,18)(H,16,17). The number of carbonyl (C=O) groups is 2. The van der Waals surface area contributed by atoms with Crippen LogP contribution in [-0.2, 0) is 11.2 Å². The molecule has 1 aromatic heterocycles. The number of hydrogen-bond acceptors (Lipinski definition) is 5. The van der Waals surface area contributed by atoms with Crippen molar-refractivity contribution in [2.75, 3.05) is 19.6 Å². The summed E-state index contributed by atoms with van der Waals surface area (Å²) in [6, 6.07) is -0.255. The summed E-state index contributed by atoms with van der Waals surface area (Å²) in [4.78, 5) is 28.2. The molecule has 1 aliphatic rings. The van der Waals surface area contributed by atoms with Gasteiger partial charge in [-0.15, -0.1) is 0 Å². The molecule has 0 bridgehead atoms. The van der Waals surface area contributed by atoms with Crippen LogP contribution >= 0.6 is 0 Å². The number of aromatic nitrogens is 2. The van der Waals surface area contributed by atoms with Crippen molar-refractivity contribution in [1.82, 2.24) is 20.4 Å². The lowest BCUT2D eigenvalue weighted by atomic mass is 9.99. The Hall–Kier alpha value is -2.12. The average Bonchev–Trinajstić information content (AvgIpc) is 2.98. The van der Waals surface area contributed by atoms with Gasteiger partial charge in [-0.05, 0) is 5.92 Å². The number of carboxylic acids is 1. The highest BCUT2D eigenvalue weighted by Gasteiger charge is 2.36. The molecule has 2 rings (SSSR count). The minimum absolute atomic E-state index is 0.0285. The monoisotopic (exact) mass is 268 g/mol. The van der Waals surface area contributed by atoms with Crippen LogP contribution < -0.4 is 5.32 Å². The predicted octanol–water partition coefficient (Wildman–Crippen LogP) is -0.0258. The minimum Gasteiger partial charge on any atom is -0.481 e. The first-order chi connectivity index (χ1) is 9.08. The van der Waals surface area contributed by atoms with Crippen LogP contribution in [0.5, 0.6) is 0 Å². The van der Waals surface area contributed by atoms with Gasteiger partial charge < -0.3 is 19.8 Å². The van der Waals surface area contributed by atoms with Gasteiger partial charge in [-0.3, -0.25) is 4.79 Å². The van der Waals surface area contributed by atoms with E-state index < -0.39 is 11.9 Å². The predicted molar refractivity (Wildman–Crippen MR) is 63.3 cm³/mol. The molecule has 1 aromatic rings. The molecule has 0 aliphatic carbocycles. The fourth-order valence-electron chi connectivity index (χ4n) is 2.15. The Kier molecular flexibility index (Phi) is 3.98. The van der Waals surface area contributed by atoms with E-state index in [1.165, 1.54) is 11.2 Å². The summed E-state index contributed by atoms with van der Waals surface area (Å²) in [7, 11) is 0. The highest BCUT2D eigenvalue weighted by atomic mass is 16.5. The number of carbonyl (C=O) groups excluding carboxylic acids is 1. The SMILES string of the molecule is CC1CN(C(=O)NCCc2ncno2)CC1C(=O)O. The second-order valence-corrected chi connectivity index (χ2v) is 4.64. The van der Waals surface area contributed by atoms with Crippen LogP contribution in [0.25, 0.3) is 0 Å². The van der Waals surface area contributed by atoms with Gasteiger partial charge in [0.2, 0.25) is 5.89 Å². The Bertz CT molecular complexity index is 448. The number of amides is 2. The molecule has 19 heavy (non-hydrogen) atoms. The normalized spacial score (nSPS) is 22.5. The minimum atomic E-state index is -0.853. The molecule has 8 heteroatoms. The first kappa shape index (κ1) is 13.3. The zero-order chi connectivity index (χ0) is 13.8. The molecule has 0 spiro atoms. The fourth-order valence-corrected chi connectivity index (χ4v) is 2.15. The lowest BCUT2D eigenvalue weighted by Gasteiger charge is -2.16. The molecule has 1 aliphatic heterocycles. The number of nitrogens with one attached hydrogen (secondary N) is 1. The van der Waals surface area contributed by atoms with E-state index in [4.69, 9.17) is 9.63 Å². The maximum atomic E-state index is 11.8. The summed E-state index contributed by atoms with van der Waals surface area (Å²) in [5.41, 5.74) is 0. The van der Waals surface area contributed by atoms with Crippen LogP contribution in [0.15, 0.2) is 10.9 Å². The van der Waals surface area contributed by atoms with Crippen molar-refractivity contribution in [3.8, 4) is 0 Å². The van der Waals surface area contributed by atoms with Crippen LogP contribution in [0.4, 0.5) is 4.79 Å². The average molecular weight is 268 g/mol. The first-order valence-electron chi connectivity index (χ1n) is 6.09. The summed E-state index contributed by atoms with van der Waals surface area (Å²) in [5, 5.41) is 15.2. The summed E-state index contributed by atoms with van der Waals surface area (Å²) in [6.07, 6.45) is 1.76. The molecule has 8 nitrogen and oxygen atoms in total. The van der Waals surface area contributed by atoms with Crippen LogP contribution in [0.3, 0.4) is 0 Å². The van der Waals surface area contributed by atoms with Crippen molar-refractivity contribution in [2.45, 2.75) is 13.3 Å². The van der Waals surface area contributed by atoms with Crippen molar-refractivity contribution in [2.24, 2.45) is 11.8 Å². The summed E-state index contributed by atoms with van der Waals surface area (Å²) < 4.78 is 4.80. The van der Waals surface area contributed by atoms with Gasteiger partial charge >= 0.3 is 12.0 Å². The number of aliphatic carboxylic acids is 1. The van der Waals surface area contributed by atoms with Gasteiger partial charge in [-0.25, -0.2) is 4.79 Å². The molecule has 1 fully saturated rings. The highest BCUT2D eigenvalue weighted by Crippen LogP contribution is 2.22. The van der Waals surface area contributed by atoms with E-state index in [9.17, 15) is 9.59 Å². The van der Waals surface area contributed by atoms with Gasteiger partial charge in [0.15, 0.2) is 6.33 Å². The van der Waals surface area contributed by atoms with E-state index in [0.29, 0.717) is 25.4 Å². The van der Waals surface area contributed by atoms with E-state index in [1.807, 2.05) is 6.92 Å². The number of hydrogen-bond donors (Lipinski definition) is 2. The van der Waals surface area contributed by atoms with E-state index in [-0.39, 0.29) is 18.5 Å². The molecule has 2 amide bonds. The summed E-state index contributed by atoms with van der Waals surface area (Å²) in [5.74, 6) is -0.909. The largest absolute Gasteiger partial charge is 0.481 e. The third-order valence-electron chi connectivity index (χ3n) is 3.24. The van der Waals surface area contributed by atoms with Crippen LogP contribution in [-0.4, -0.2) is 51.8 Å². The second kappa shape index (κ2) is 5.68. The molecular weight excluding hydrogens is 252 g/mol. The number of carboxylic acid groups (broad SMARTS) is 1. The second-order valence-electron chi connectivity index (χ2n) is 4.64. The zero-order valence-electron chi connectivity index (χ0n) is 10.6. The maximum absolute atomic E-state index is 11.8. The van der Waals surface area contributed by atoms with Crippen LogP contribution in [0.1, 0.15) is 12.8 Å². The van der Waals surface area contributed by atoms with Gasteiger partial charge in [0.1, 0.15) is 0 Å². The smallest absolute Gasteiger partial charge is 0.317 e. The lowest BCUT2D eigenvalue weighted by molar-refractivity contribution is -0.142. The van der Waals surface area contributed by atoms with Crippen molar-refractivity contribution in [1.29, 1.82) is 0 Å². The number of likely N-dealkylation sites (tertiary alicyclic amines) is 1. The molecule has 104 valence electrons. The molecule has 2 unspecified atom stereocenters. The van der Waals surface area contributed by atoms with Crippen molar-refractivity contribution in [3.05, 3.63) is 12.2 Å². The maximum Gasteiger partial charge on any atom is 0.317 e. The molecular formula is C11H16N4O4. The van der Waals surface area contributed by atoms with Crippen molar-refractivity contribution < 1.29 is 19.2 Å². The topological polar surface area (TPSA) is 109 Å². The van der Waals surface area contributed by atoms with E-state index in [0.717, 1.165) is 0 Å². The van der Waals surface area contributed by atoms with E-state index in [2.05, 4.69) is 15.5 Å². The number of urea groups is 1. The zero-order valence-corrected chi connectivity index (χ0v) is 10.6. The van der Waals surface area contributed by atoms with Gasteiger partial charge in [-0.1, -0.05) is 12.1 Å². The molecule has 2 atom stereocenters. The Labute approximate surface area is 109 Å². The van der Waals surface area contributed by atoms with E-state index >= 15 is 0 Å². The number of rotatable bonds is 4. The van der Waals surface area contributed by atoms with Gasteiger partial charge in [0.25, 0.3) is 0 Å². The fraction of sp³-hybridized carbons (Fsp3) is 0.636. The highest BCUT2D eigenvalue weighted by molar-refractivity contribution is 5.77. The van der Waals surface area contributed by atoms with Crippen LogP contribution in [0.2, 0.25) is 0 Å². The molecule has 2 N–H and O–H groups in total. The Balaban J connectivity index is 1.76. The third-order valence-corrected chi connectivity index (χ3v) is 3.24. The number of nitrogens with zero attached hydrogens (tertiary/aromatic N) is 3.